The molecule has 8 nitrogen and oxygen atoms in total. The molecule has 0 aliphatic carbocycles. The van der Waals surface area contributed by atoms with Crippen molar-refractivity contribution in [2.24, 2.45) is 10.1 Å². The van der Waals surface area contributed by atoms with Crippen molar-refractivity contribution in [1.29, 1.82) is 0 Å². The fraction of sp³-hybridized carbons (Fsp3) is 0.833. The number of hydrogen-bond donors (Lipinski definition) is 2. The van der Waals surface area contributed by atoms with E-state index < -0.39 is 0 Å². The number of nitrogens with zero attached hydrogens (tertiary/aromatic N) is 6. The van der Waals surface area contributed by atoms with Crippen molar-refractivity contribution in [2.45, 2.75) is 6.42 Å². The minimum Gasteiger partial charge on any atom is -0.298 e. The Labute approximate surface area is 119 Å². The van der Waals surface area contributed by atoms with Crippen LogP contribution in [0.25, 0.3) is 0 Å². The summed E-state index contributed by atoms with van der Waals surface area (Å²) in [5.74, 6) is 0. The topological polar surface area (TPSA) is 55.3 Å². The Bertz CT molecular complexity index is 423. The first kappa shape index (κ1) is 12.6. The molecule has 0 saturated carbocycles. The number of hydrazone groups is 1. The molecule has 2 N–H and O–H groups in total. The average Bonchev–Trinajstić information content (AvgIpc) is 3.24. The van der Waals surface area contributed by atoms with E-state index in [1.165, 1.54) is 0 Å². The monoisotopic (exact) mass is 279 g/mol. The van der Waals surface area contributed by atoms with Crippen molar-refractivity contribution in [3.8, 4) is 0 Å². The van der Waals surface area contributed by atoms with Crippen LogP contribution in [0.2, 0.25) is 0 Å². The number of hydrogen-bond acceptors (Lipinski definition) is 6. The normalized spacial score (nSPS) is 40.9. The summed E-state index contributed by atoms with van der Waals surface area (Å²) in [7, 11) is 0. The Kier molecular flexibility index (Phi) is 2.95. The highest BCUT2D eigenvalue weighted by Gasteiger charge is 2.64. The van der Waals surface area contributed by atoms with Crippen LogP contribution in [-0.4, -0.2) is 91.2 Å². The van der Waals surface area contributed by atoms with E-state index in [2.05, 4.69) is 43.4 Å². The maximum absolute atomic E-state index is 4.59. The molecule has 4 aliphatic heterocycles. The van der Waals surface area contributed by atoms with Gasteiger partial charge in [0, 0.05) is 6.54 Å². The van der Waals surface area contributed by atoms with Crippen LogP contribution in [-0.2, 0) is 0 Å². The molecule has 0 amide bonds. The lowest BCUT2D eigenvalue weighted by Crippen LogP contribution is -2.80. The Morgan fingerprint density at radius 1 is 1.15 bits per heavy atom. The molecule has 0 aromatic carbocycles. The smallest absolute Gasteiger partial charge is 0.298 e. The fourth-order valence-electron chi connectivity index (χ4n) is 3.84. The molecule has 2 atom stereocenters. The minimum atomic E-state index is 0.769. The third-order valence-electron chi connectivity index (χ3n) is 4.85. The molecule has 0 aromatic rings. The van der Waals surface area contributed by atoms with Crippen LogP contribution < -0.4 is 10.6 Å². The summed E-state index contributed by atoms with van der Waals surface area (Å²) >= 11 is 0. The molecule has 20 heavy (non-hydrogen) atoms. The number of quaternary nitrogens is 2. The summed E-state index contributed by atoms with van der Waals surface area (Å²) in [6, 6.07) is 0. The summed E-state index contributed by atoms with van der Waals surface area (Å²) in [4.78, 5) is 4.59. The average molecular weight is 279 g/mol. The van der Waals surface area contributed by atoms with Crippen LogP contribution in [0.5, 0.6) is 0 Å². The van der Waals surface area contributed by atoms with Gasteiger partial charge in [-0.1, -0.05) is 5.01 Å². The van der Waals surface area contributed by atoms with Crippen LogP contribution >= 0.6 is 0 Å². The fourth-order valence-corrected chi connectivity index (χ4v) is 3.84. The second-order valence-corrected chi connectivity index (χ2v) is 5.78. The van der Waals surface area contributed by atoms with E-state index in [1.54, 1.807) is 0 Å². The van der Waals surface area contributed by atoms with Gasteiger partial charge in [0.2, 0.25) is 13.1 Å². The van der Waals surface area contributed by atoms with E-state index in [0.717, 1.165) is 75.0 Å². The molecule has 4 rings (SSSR count). The van der Waals surface area contributed by atoms with Crippen molar-refractivity contribution in [1.82, 2.24) is 20.8 Å². The summed E-state index contributed by atoms with van der Waals surface area (Å²) in [5, 5.41) is 16.2. The van der Waals surface area contributed by atoms with Crippen LogP contribution in [0.15, 0.2) is 10.1 Å². The standard InChI is InChI=1S/C12H23N8/c1-2-16-18(6-1)20(9-5-15-12-20)19(8-4-14-11-19)17-7-3-13-10-17/h11,13,15H,1,3-10,12H2/q+3. The zero-order chi connectivity index (χ0) is 13.5. The first-order valence-corrected chi connectivity index (χ1v) is 7.52. The molecule has 4 aliphatic rings. The zero-order valence-corrected chi connectivity index (χ0v) is 11.8. The second-order valence-electron chi connectivity index (χ2n) is 5.78. The van der Waals surface area contributed by atoms with Gasteiger partial charge < -0.3 is 0 Å². The van der Waals surface area contributed by atoms with Crippen LogP contribution in [0, 0.1) is 0 Å². The summed E-state index contributed by atoms with van der Waals surface area (Å²) in [6.07, 6.45) is 6.20. The van der Waals surface area contributed by atoms with Crippen LogP contribution in [0.4, 0.5) is 0 Å². The van der Waals surface area contributed by atoms with Crippen molar-refractivity contribution in [2.75, 3.05) is 59.2 Å². The number of nitrogens with one attached hydrogen (secondary N) is 2. The van der Waals surface area contributed by atoms with E-state index >= 15 is 0 Å². The van der Waals surface area contributed by atoms with E-state index in [1.807, 2.05) is 0 Å². The molecule has 2 unspecified atom stereocenters. The maximum atomic E-state index is 4.59. The molecule has 0 aromatic heterocycles. The van der Waals surface area contributed by atoms with Gasteiger partial charge in [-0.25, -0.2) is 4.99 Å². The van der Waals surface area contributed by atoms with Gasteiger partial charge in [0.15, 0.2) is 19.6 Å². The lowest BCUT2D eigenvalue weighted by molar-refractivity contribution is -1.53. The quantitative estimate of drug-likeness (QED) is 0.483. The van der Waals surface area contributed by atoms with Gasteiger partial charge in [-0.2, -0.15) is 0 Å². The predicted octanol–water partition coefficient (Wildman–Crippen LogP) is -1.60. The summed E-state index contributed by atoms with van der Waals surface area (Å²) < 4.78 is 1.56. The number of aliphatic imine (C=N–C) groups is 1. The molecular formula is C12H23N8+3. The highest BCUT2D eigenvalue weighted by atomic mass is 16.2. The lowest BCUT2D eigenvalue weighted by atomic mass is 10.5. The molecular weight excluding hydrogens is 256 g/mol. The molecule has 2 fully saturated rings. The van der Waals surface area contributed by atoms with E-state index in [-0.39, 0.29) is 0 Å². The second kappa shape index (κ2) is 4.70. The van der Waals surface area contributed by atoms with Crippen LogP contribution in [0.3, 0.4) is 0 Å². The molecule has 4 heterocycles. The molecule has 0 radical (unpaired) electrons. The van der Waals surface area contributed by atoms with Gasteiger partial charge in [-0.3, -0.25) is 10.6 Å². The zero-order valence-electron chi connectivity index (χ0n) is 11.8. The number of rotatable bonds is 3. The largest absolute Gasteiger partial charge is 0.389 e. The highest BCUT2D eigenvalue weighted by molar-refractivity contribution is 5.58. The summed E-state index contributed by atoms with van der Waals surface area (Å²) in [5.41, 5.74) is 0. The van der Waals surface area contributed by atoms with Gasteiger partial charge in [0.25, 0.3) is 6.34 Å². The van der Waals surface area contributed by atoms with Gasteiger partial charge in [0.05, 0.1) is 13.1 Å². The first-order valence-electron chi connectivity index (χ1n) is 7.52. The third kappa shape index (κ3) is 1.57. The summed E-state index contributed by atoms with van der Waals surface area (Å²) in [6.45, 7) is 8.91. The highest BCUT2D eigenvalue weighted by Crippen LogP contribution is 2.33. The SMILES string of the molecule is [C+]1=NN([N+]2([N+]3(N4CCNC4)C=NCC3)CCNC2)CC1. The molecule has 8 heteroatoms. The van der Waals surface area contributed by atoms with E-state index in [9.17, 15) is 0 Å². The van der Waals surface area contributed by atoms with Gasteiger partial charge >= 0.3 is 6.21 Å². The van der Waals surface area contributed by atoms with E-state index in [0.29, 0.717) is 0 Å². The molecule has 0 bridgehead atoms. The molecule has 0 spiro atoms. The minimum absolute atomic E-state index is 0.769. The van der Waals surface area contributed by atoms with Crippen molar-refractivity contribution in [3.05, 3.63) is 0 Å². The van der Waals surface area contributed by atoms with E-state index in [4.69, 9.17) is 0 Å². The third-order valence-corrected chi connectivity index (χ3v) is 4.85. The first-order chi connectivity index (χ1) is 9.87. The van der Waals surface area contributed by atoms with Crippen molar-refractivity contribution in [3.63, 3.8) is 0 Å². The van der Waals surface area contributed by atoms with Gasteiger partial charge in [0.1, 0.15) is 18.3 Å². The Morgan fingerprint density at radius 2 is 2.15 bits per heavy atom. The van der Waals surface area contributed by atoms with Crippen molar-refractivity contribution >= 4 is 12.6 Å². The lowest BCUT2D eigenvalue weighted by Gasteiger charge is -2.48. The Balaban J connectivity index is 1.75. The van der Waals surface area contributed by atoms with Crippen LogP contribution in [0.1, 0.15) is 6.42 Å². The Hall–Kier alpha value is -1.15. The molecule has 2 saturated heterocycles. The van der Waals surface area contributed by atoms with Gasteiger partial charge in [-0.05, 0) is 14.5 Å². The van der Waals surface area contributed by atoms with Gasteiger partial charge in [-0.15, -0.1) is 0 Å². The van der Waals surface area contributed by atoms with Crippen molar-refractivity contribution < 1.29 is 9.40 Å². The Morgan fingerprint density at radius 3 is 2.75 bits per heavy atom. The predicted molar refractivity (Wildman–Crippen MR) is 74.8 cm³/mol. The maximum Gasteiger partial charge on any atom is 0.389 e. The molecule has 108 valence electrons.